The zero-order valence-corrected chi connectivity index (χ0v) is 19.9. The second kappa shape index (κ2) is 6.45. The molecule has 3 aliphatic heterocycles. The number of alkyl halides is 4. The van der Waals surface area contributed by atoms with Gasteiger partial charge in [-0.1, -0.05) is 76.7 Å². The number of carbonyl (C=O) groups is 2. The lowest BCUT2D eigenvalue weighted by Gasteiger charge is -2.39. The molecule has 4 bridgehead atoms. The quantitative estimate of drug-likeness (QED) is 0.414. The Kier molecular flexibility index (Phi) is 4.43. The number of nitrogens with zero attached hydrogens (tertiary/aromatic N) is 1. The minimum Gasteiger partial charge on any atom is -0.373 e. The van der Waals surface area contributed by atoms with E-state index in [9.17, 15) is 9.59 Å². The number of hydrogen-bond acceptors (Lipinski definition) is 4. The number of allylic oxidation sites excluding steroid dienone is 2. The maximum atomic E-state index is 13.2. The van der Waals surface area contributed by atoms with Gasteiger partial charge >= 0.3 is 0 Å². The van der Waals surface area contributed by atoms with Crippen LogP contribution in [0.15, 0.2) is 40.4 Å². The van der Waals surface area contributed by atoms with E-state index < -0.39 is 61.8 Å². The SMILES string of the molecule is O=C1[C@@H]2[C@H]3O[C@@H]([C@@H]2C(=O)N1OCc1ccccc1)[C@H]1[C@H]3[C@@]2(Cl)C(Cl)=C(Cl)[C@@]1(Cl)C2(Cl)Cl. The van der Waals surface area contributed by atoms with Gasteiger partial charge in [0.2, 0.25) is 0 Å². The number of hydroxylamine groups is 2. The molecule has 5 nitrogen and oxygen atoms in total. The van der Waals surface area contributed by atoms with Crippen molar-refractivity contribution in [2.45, 2.75) is 32.9 Å². The van der Waals surface area contributed by atoms with Crippen molar-refractivity contribution in [2.24, 2.45) is 23.7 Å². The molecule has 0 aromatic heterocycles. The van der Waals surface area contributed by atoms with Crippen LogP contribution in [0.1, 0.15) is 5.56 Å². The summed E-state index contributed by atoms with van der Waals surface area (Å²) in [7, 11) is 0. The minimum atomic E-state index is -1.74. The fourth-order valence-electron chi connectivity index (χ4n) is 6.11. The van der Waals surface area contributed by atoms with Crippen LogP contribution in [0.3, 0.4) is 0 Å². The fraction of sp³-hybridized carbons (Fsp3) is 0.500. The van der Waals surface area contributed by atoms with Gasteiger partial charge in [0.05, 0.1) is 34.1 Å². The number of rotatable bonds is 3. The highest BCUT2D eigenvalue weighted by Crippen LogP contribution is 2.81. The van der Waals surface area contributed by atoms with E-state index in [0.717, 1.165) is 10.6 Å². The number of imide groups is 1. The van der Waals surface area contributed by atoms with Gasteiger partial charge in [-0.05, 0) is 5.56 Å². The molecule has 2 amide bonds. The molecule has 1 aromatic carbocycles. The second-order valence-electron chi connectivity index (χ2n) is 8.52. The third kappa shape index (κ3) is 2.17. The third-order valence-corrected chi connectivity index (χ3v) is 11.6. The maximum absolute atomic E-state index is 13.2. The van der Waals surface area contributed by atoms with E-state index in [1.165, 1.54) is 0 Å². The molecule has 1 aromatic rings. The van der Waals surface area contributed by atoms with Gasteiger partial charge in [0.15, 0.2) is 4.33 Å². The van der Waals surface area contributed by atoms with Crippen molar-refractivity contribution in [2.75, 3.05) is 0 Å². The van der Waals surface area contributed by atoms with Crippen LogP contribution in [0.2, 0.25) is 0 Å². The highest BCUT2D eigenvalue weighted by Gasteiger charge is 2.90. The Balaban J connectivity index is 1.35. The molecule has 0 radical (unpaired) electrons. The lowest BCUT2D eigenvalue weighted by molar-refractivity contribution is -0.196. The largest absolute Gasteiger partial charge is 0.373 e. The molecule has 164 valence electrons. The Labute approximate surface area is 207 Å². The molecule has 0 spiro atoms. The van der Waals surface area contributed by atoms with Crippen LogP contribution in [-0.4, -0.2) is 43.2 Å². The van der Waals surface area contributed by atoms with Crippen molar-refractivity contribution in [3.8, 4) is 0 Å². The first kappa shape index (κ1) is 21.3. The number of fused-ring (bicyclic) bond motifs is 12. The van der Waals surface area contributed by atoms with E-state index in [1.807, 2.05) is 30.3 Å². The standard InChI is InChI=1S/C20H13Cl6NO4/c21-14-15(22)19(24)11-10(18(14,23)20(19,25)26)12-8-9(13(11)31-12)17(29)27(16(8)28)30-6-7-4-2-1-3-5-7/h1-5,8-13H,6H2/t8-,9+,10-,11-,12+,13-,18-,19-/m1/s1. The summed E-state index contributed by atoms with van der Waals surface area (Å²) >= 11 is 40.1. The summed E-state index contributed by atoms with van der Waals surface area (Å²) in [6.45, 7) is 0.0748. The van der Waals surface area contributed by atoms with E-state index in [4.69, 9.17) is 79.2 Å². The molecule has 0 N–H and O–H groups in total. The van der Waals surface area contributed by atoms with Gasteiger partial charge in [0.25, 0.3) is 11.8 Å². The summed E-state index contributed by atoms with van der Waals surface area (Å²) in [4.78, 5) is 28.9. The molecule has 8 atom stereocenters. The predicted octanol–water partition coefficient (Wildman–Crippen LogP) is 4.58. The van der Waals surface area contributed by atoms with Gasteiger partial charge in [-0.15, -0.1) is 23.2 Å². The van der Waals surface area contributed by atoms with E-state index in [1.54, 1.807) is 0 Å². The van der Waals surface area contributed by atoms with E-state index in [2.05, 4.69) is 0 Å². The van der Waals surface area contributed by atoms with Crippen molar-refractivity contribution < 1.29 is 19.2 Å². The highest BCUT2D eigenvalue weighted by molar-refractivity contribution is 6.65. The molecular weight excluding hydrogens is 531 g/mol. The van der Waals surface area contributed by atoms with Crippen LogP contribution >= 0.6 is 69.6 Å². The third-order valence-electron chi connectivity index (χ3n) is 7.34. The Morgan fingerprint density at radius 1 is 0.871 bits per heavy atom. The molecule has 11 heteroatoms. The first-order chi connectivity index (χ1) is 14.6. The molecule has 3 heterocycles. The van der Waals surface area contributed by atoms with Crippen molar-refractivity contribution in [3.05, 3.63) is 46.0 Å². The number of halogens is 6. The first-order valence-corrected chi connectivity index (χ1v) is 11.9. The average molecular weight is 544 g/mol. The van der Waals surface area contributed by atoms with Crippen molar-refractivity contribution in [1.29, 1.82) is 0 Å². The Bertz CT molecular complexity index is 1010. The van der Waals surface area contributed by atoms with Crippen LogP contribution < -0.4 is 0 Å². The molecule has 2 aliphatic carbocycles. The zero-order chi connectivity index (χ0) is 22.1. The molecular formula is C20H13Cl6NO4. The summed E-state index contributed by atoms with van der Waals surface area (Å²) in [6.07, 6.45) is -1.48. The van der Waals surface area contributed by atoms with Crippen LogP contribution in [0.4, 0.5) is 0 Å². The summed E-state index contributed by atoms with van der Waals surface area (Å²) in [6, 6.07) is 9.23. The van der Waals surface area contributed by atoms with E-state index >= 15 is 0 Å². The Morgan fingerprint density at radius 2 is 1.35 bits per heavy atom. The normalized spacial score (nSPS) is 46.3. The number of benzene rings is 1. The van der Waals surface area contributed by atoms with Crippen molar-refractivity contribution in [3.63, 3.8) is 0 Å². The number of carbonyl (C=O) groups excluding carboxylic acids is 2. The molecule has 1 saturated carbocycles. The van der Waals surface area contributed by atoms with Crippen molar-refractivity contribution >= 4 is 81.4 Å². The van der Waals surface area contributed by atoms with Gasteiger partial charge in [-0.25, -0.2) is 0 Å². The fourth-order valence-corrected chi connectivity index (χ4v) is 9.17. The number of amides is 2. The van der Waals surface area contributed by atoms with E-state index in [-0.39, 0.29) is 16.7 Å². The smallest absolute Gasteiger partial charge is 0.260 e. The van der Waals surface area contributed by atoms with Crippen LogP contribution in [0, 0.1) is 23.7 Å². The molecule has 5 aliphatic rings. The second-order valence-corrected chi connectivity index (χ2v) is 11.8. The Morgan fingerprint density at radius 3 is 1.84 bits per heavy atom. The lowest BCUT2D eigenvalue weighted by atomic mass is 9.65. The summed E-state index contributed by atoms with van der Waals surface area (Å²) in [5.74, 6) is -3.70. The number of ether oxygens (including phenoxy) is 1. The maximum Gasteiger partial charge on any atom is 0.260 e. The minimum absolute atomic E-state index is 0.0544. The van der Waals surface area contributed by atoms with Crippen LogP contribution in [0.25, 0.3) is 0 Å². The van der Waals surface area contributed by atoms with E-state index in [0.29, 0.717) is 0 Å². The zero-order valence-electron chi connectivity index (χ0n) is 15.4. The van der Waals surface area contributed by atoms with Gasteiger partial charge < -0.3 is 4.74 Å². The molecule has 31 heavy (non-hydrogen) atoms. The monoisotopic (exact) mass is 541 g/mol. The lowest BCUT2D eigenvalue weighted by Crippen LogP contribution is -2.50. The first-order valence-electron chi connectivity index (χ1n) is 9.60. The summed E-state index contributed by atoms with van der Waals surface area (Å²) in [5, 5.41) is 0.943. The number of hydrogen-bond donors (Lipinski definition) is 0. The van der Waals surface area contributed by atoms with Crippen LogP contribution in [-0.2, 0) is 25.8 Å². The van der Waals surface area contributed by atoms with Gasteiger partial charge in [-0.3, -0.25) is 14.4 Å². The van der Waals surface area contributed by atoms with Gasteiger partial charge in [0, 0.05) is 11.8 Å². The molecule has 4 fully saturated rings. The summed E-state index contributed by atoms with van der Waals surface area (Å²) < 4.78 is 4.37. The molecule has 6 rings (SSSR count). The van der Waals surface area contributed by atoms with Crippen molar-refractivity contribution in [1.82, 2.24) is 5.06 Å². The Hall–Kier alpha value is -0.240. The summed E-state index contributed by atoms with van der Waals surface area (Å²) in [5.41, 5.74) is 0.825. The molecule has 0 unspecified atom stereocenters. The predicted molar refractivity (Wildman–Crippen MR) is 116 cm³/mol. The topological polar surface area (TPSA) is 55.8 Å². The van der Waals surface area contributed by atoms with Gasteiger partial charge in [-0.2, -0.15) is 5.06 Å². The van der Waals surface area contributed by atoms with Crippen LogP contribution in [0.5, 0.6) is 0 Å². The highest BCUT2D eigenvalue weighted by atomic mass is 35.5. The van der Waals surface area contributed by atoms with Gasteiger partial charge in [0.1, 0.15) is 16.4 Å². The average Bonchev–Trinajstić information content (AvgIpc) is 3.44. The molecule has 3 saturated heterocycles.